The summed E-state index contributed by atoms with van der Waals surface area (Å²) in [5.74, 6) is 1.38. The molecule has 20 heavy (non-hydrogen) atoms. The number of nitrogen functional groups attached to an aromatic ring is 1. The maximum atomic E-state index is 6.24. The highest BCUT2D eigenvalue weighted by atomic mass is 16.5. The maximum Gasteiger partial charge on any atom is 0.135 e. The van der Waals surface area contributed by atoms with Crippen LogP contribution in [0.3, 0.4) is 0 Å². The molecule has 0 aliphatic rings. The molecule has 0 bridgehead atoms. The topological polar surface area (TPSA) is 53.1 Å². The fraction of sp³-hybridized carbons (Fsp3) is 0.0625. The Labute approximate surface area is 117 Å². The molecule has 0 aliphatic heterocycles. The van der Waals surface area contributed by atoms with E-state index >= 15 is 0 Å². The molecular weight excluding hydrogens is 250 g/mol. The number of nitrogens with two attached hydrogens (primary N) is 1. The molecule has 3 aromatic rings. The van der Waals surface area contributed by atoms with Crippen LogP contribution in [0.4, 0.5) is 5.82 Å². The number of methoxy groups -OCH3 is 1. The highest BCUT2D eigenvalue weighted by molar-refractivity contribution is 5.79. The monoisotopic (exact) mass is 265 g/mol. The molecule has 0 atom stereocenters. The first-order valence-corrected chi connectivity index (χ1v) is 6.33. The molecule has 4 nitrogen and oxygen atoms in total. The van der Waals surface area contributed by atoms with E-state index in [1.54, 1.807) is 18.0 Å². The van der Waals surface area contributed by atoms with Gasteiger partial charge < -0.3 is 10.5 Å². The second kappa shape index (κ2) is 5.09. The summed E-state index contributed by atoms with van der Waals surface area (Å²) in [6.45, 7) is 0. The SMILES string of the molecule is COc1ccccc1-c1cnn(-c2ccccc2)c1N. The van der Waals surface area contributed by atoms with E-state index in [0.29, 0.717) is 5.82 Å². The Morgan fingerprint density at radius 3 is 2.40 bits per heavy atom. The van der Waals surface area contributed by atoms with Gasteiger partial charge >= 0.3 is 0 Å². The Morgan fingerprint density at radius 2 is 1.65 bits per heavy atom. The maximum absolute atomic E-state index is 6.24. The number of nitrogens with zero attached hydrogens (tertiary/aromatic N) is 2. The average molecular weight is 265 g/mol. The summed E-state index contributed by atoms with van der Waals surface area (Å²) in [7, 11) is 1.65. The molecule has 100 valence electrons. The van der Waals surface area contributed by atoms with Crippen LogP contribution in [-0.4, -0.2) is 16.9 Å². The van der Waals surface area contributed by atoms with Gasteiger partial charge in [0.05, 0.1) is 19.0 Å². The molecule has 0 spiro atoms. The van der Waals surface area contributed by atoms with Crippen molar-refractivity contribution in [2.75, 3.05) is 12.8 Å². The van der Waals surface area contributed by atoms with Crippen molar-refractivity contribution in [1.82, 2.24) is 9.78 Å². The standard InChI is InChI=1S/C16H15N3O/c1-20-15-10-6-5-9-13(15)14-11-18-19(16(14)17)12-7-3-2-4-8-12/h2-11H,17H2,1H3. The smallest absolute Gasteiger partial charge is 0.135 e. The van der Waals surface area contributed by atoms with E-state index < -0.39 is 0 Å². The molecule has 2 aromatic carbocycles. The first-order valence-electron chi connectivity index (χ1n) is 6.33. The van der Waals surface area contributed by atoms with Crippen LogP contribution in [-0.2, 0) is 0 Å². The van der Waals surface area contributed by atoms with Crippen LogP contribution >= 0.6 is 0 Å². The highest BCUT2D eigenvalue weighted by Crippen LogP contribution is 2.34. The second-order valence-electron chi connectivity index (χ2n) is 4.39. The molecule has 0 fully saturated rings. The van der Waals surface area contributed by atoms with E-state index in [0.717, 1.165) is 22.6 Å². The molecule has 0 saturated carbocycles. The Bertz CT molecular complexity index is 720. The van der Waals surface area contributed by atoms with Crippen LogP contribution in [0.1, 0.15) is 0 Å². The van der Waals surface area contributed by atoms with Gasteiger partial charge in [-0.05, 0) is 18.2 Å². The van der Waals surface area contributed by atoms with Gasteiger partial charge in [-0.15, -0.1) is 0 Å². The fourth-order valence-electron chi connectivity index (χ4n) is 2.21. The summed E-state index contributed by atoms with van der Waals surface area (Å²) in [6.07, 6.45) is 1.76. The molecule has 0 amide bonds. The fourth-order valence-corrected chi connectivity index (χ4v) is 2.21. The molecular formula is C16H15N3O. The molecule has 0 unspecified atom stereocenters. The van der Waals surface area contributed by atoms with Crippen LogP contribution in [0, 0.1) is 0 Å². The van der Waals surface area contributed by atoms with Gasteiger partial charge in [-0.2, -0.15) is 5.10 Å². The third kappa shape index (κ3) is 2.01. The van der Waals surface area contributed by atoms with Crippen molar-refractivity contribution in [3.8, 4) is 22.6 Å². The number of anilines is 1. The summed E-state index contributed by atoms with van der Waals surface area (Å²) in [4.78, 5) is 0. The summed E-state index contributed by atoms with van der Waals surface area (Å²) < 4.78 is 7.10. The first kappa shape index (κ1) is 12.3. The first-order chi connectivity index (χ1) is 9.81. The second-order valence-corrected chi connectivity index (χ2v) is 4.39. The third-order valence-corrected chi connectivity index (χ3v) is 3.20. The number of para-hydroxylation sites is 2. The number of aromatic nitrogens is 2. The summed E-state index contributed by atoms with van der Waals surface area (Å²) in [5, 5.41) is 4.37. The van der Waals surface area contributed by atoms with E-state index in [1.165, 1.54) is 0 Å². The van der Waals surface area contributed by atoms with Crippen molar-refractivity contribution in [2.45, 2.75) is 0 Å². The molecule has 3 rings (SSSR count). The van der Waals surface area contributed by atoms with Crippen molar-refractivity contribution in [3.05, 3.63) is 60.8 Å². The minimum atomic E-state index is 0.598. The highest BCUT2D eigenvalue weighted by Gasteiger charge is 2.13. The molecule has 1 heterocycles. The summed E-state index contributed by atoms with van der Waals surface area (Å²) in [6, 6.07) is 17.6. The van der Waals surface area contributed by atoms with E-state index in [1.807, 2.05) is 54.6 Å². The summed E-state index contributed by atoms with van der Waals surface area (Å²) >= 11 is 0. The zero-order valence-electron chi connectivity index (χ0n) is 11.2. The summed E-state index contributed by atoms with van der Waals surface area (Å²) in [5.41, 5.74) is 8.98. The Hall–Kier alpha value is -2.75. The lowest BCUT2D eigenvalue weighted by Gasteiger charge is -2.08. The van der Waals surface area contributed by atoms with E-state index in [9.17, 15) is 0 Å². The zero-order valence-corrected chi connectivity index (χ0v) is 11.2. The van der Waals surface area contributed by atoms with Gasteiger partial charge in [-0.25, -0.2) is 4.68 Å². The minimum absolute atomic E-state index is 0.598. The van der Waals surface area contributed by atoms with E-state index in [-0.39, 0.29) is 0 Å². The van der Waals surface area contributed by atoms with E-state index in [4.69, 9.17) is 10.5 Å². The lowest BCUT2D eigenvalue weighted by Crippen LogP contribution is -2.02. The predicted octanol–water partition coefficient (Wildman–Crippen LogP) is 3.13. The number of hydrogen-bond donors (Lipinski definition) is 1. The largest absolute Gasteiger partial charge is 0.496 e. The lowest BCUT2D eigenvalue weighted by atomic mass is 10.1. The molecule has 2 N–H and O–H groups in total. The van der Waals surface area contributed by atoms with Crippen molar-refractivity contribution in [3.63, 3.8) is 0 Å². The van der Waals surface area contributed by atoms with Gasteiger partial charge in [-0.1, -0.05) is 36.4 Å². The minimum Gasteiger partial charge on any atom is -0.496 e. The number of hydrogen-bond acceptors (Lipinski definition) is 3. The Balaban J connectivity index is 2.11. The Morgan fingerprint density at radius 1 is 0.950 bits per heavy atom. The normalized spacial score (nSPS) is 10.4. The number of rotatable bonds is 3. The van der Waals surface area contributed by atoms with Crippen LogP contribution < -0.4 is 10.5 Å². The van der Waals surface area contributed by atoms with E-state index in [2.05, 4.69) is 5.10 Å². The van der Waals surface area contributed by atoms with Gasteiger partial charge in [-0.3, -0.25) is 0 Å². The van der Waals surface area contributed by atoms with Crippen LogP contribution in [0.5, 0.6) is 5.75 Å². The van der Waals surface area contributed by atoms with Gasteiger partial charge in [0.1, 0.15) is 11.6 Å². The molecule has 0 saturated heterocycles. The zero-order chi connectivity index (χ0) is 13.9. The molecule has 4 heteroatoms. The van der Waals surface area contributed by atoms with Crippen molar-refractivity contribution in [2.24, 2.45) is 0 Å². The van der Waals surface area contributed by atoms with Gasteiger partial charge in [0.2, 0.25) is 0 Å². The van der Waals surface area contributed by atoms with Gasteiger partial charge in [0.15, 0.2) is 0 Å². The number of benzene rings is 2. The third-order valence-electron chi connectivity index (χ3n) is 3.20. The molecule has 1 aromatic heterocycles. The van der Waals surface area contributed by atoms with Crippen LogP contribution in [0.25, 0.3) is 16.8 Å². The average Bonchev–Trinajstić information content (AvgIpc) is 2.89. The quantitative estimate of drug-likeness (QED) is 0.791. The van der Waals surface area contributed by atoms with Gasteiger partial charge in [0, 0.05) is 11.1 Å². The van der Waals surface area contributed by atoms with Crippen molar-refractivity contribution < 1.29 is 4.74 Å². The predicted molar refractivity (Wildman–Crippen MR) is 80.0 cm³/mol. The van der Waals surface area contributed by atoms with Gasteiger partial charge in [0.25, 0.3) is 0 Å². The van der Waals surface area contributed by atoms with Crippen LogP contribution in [0.2, 0.25) is 0 Å². The number of ether oxygens (including phenoxy) is 1. The lowest BCUT2D eigenvalue weighted by molar-refractivity contribution is 0.416. The molecule has 0 radical (unpaired) electrons. The molecule has 0 aliphatic carbocycles. The van der Waals surface area contributed by atoms with Crippen molar-refractivity contribution >= 4 is 5.82 Å². The van der Waals surface area contributed by atoms with Crippen LogP contribution in [0.15, 0.2) is 60.8 Å². The Kier molecular flexibility index (Phi) is 3.13. The van der Waals surface area contributed by atoms with Crippen molar-refractivity contribution in [1.29, 1.82) is 0 Å².